The van der Waals surface area contributed by atoms with Crippen LogP contribution < -0.4 is 10.0 Å². The molecule has 3 N–H and O–H groups in total. The molecular weight excluding hydrogens is 404 g/mol. The van der Waals surface area contributed by atoms with E-state index < -0.39 is 26.7 Å². The van der Waals surface area contributed by atoms with Crippen LogP contribution in [-0.2, 0) is 34.9 Å². The van der Waals surface area contributed by atoms with E-state index in [0.29, 0.717) is 23.2 Å². The molecule has 0 unspecified atom stereocenters. The first-order valence-electron chi connectivity index (χ1n) is 10.8. The van der Waals surface area contributed by atoms with Gasteiger partial charge in [0.05, 0.1) is 13.2 Å². The lowest BCUT2D eigenvalue weighted by molar-refractivity contribution is 0.0779. The first kappa shape index (κ1) is 19.6. The molecule has 0 bridgehead atoms. The van der Waals surface area contributed by atoms with Gasteiger partial charge in [-0.1, -0.05) is 31.4 Å². The van der Waals surface area contributed by atoms with Crippen LogP contribution in [0.5, 0.6) is 0 Å². The van der Waals surface area contributed by atoms with Crippen molar-refractivity contribution >= 4 is 21.7 Å². The second kappa shape index (κ2) is 7.74. The van der Waals surface area contributed by atoms with Crippen molar-refractivity contribution in [2.24, 2.45) is 5.92 Å². The van der Waals surface area contributed by atoms with Gasteiger partial charge in [0, 0.05) is 17.3 Å². The third kappa shape index (κ3) is 4.25. The molecule has 2 aliphatic rings. The Morgan fingerprint density at radius 3 is 2.73 bits per heavy atom. The number of hydrogen-bond acceptors (Lipinski definition) is 5. The highest BCUT2D eigenvalue weighted by Crippen LogP contribution is 2.37. The summed E-state index contributed by atoms with van der Waals surface area (Å²) in [5, 5.41) is 12.3. The quantitative estimate of drug-likeness (QED) is 0.641. The highest BCUT2D eigenvalue weighted by atomic mass is 32.2. The fourth-order valence-corrected chi connectivity index (χ4v) is 4.89. The van der Waals surface area contributed by atoms with E-state index >= 15 is 0 Å². The molecule has 7 nitrogen and oxygen atoms in total. The SMILES string of the molecule is [2H]c1cc(CC2CCC2)c(NC(=O)NS(=O)(=O)c2cc(C(C)(C)O)co2)c2c1CCC2. The molecule has 1 saturated carbocycles. The van der Waals surface area contributed by atoms with Gasteiger partial charge in [-0.15, -0.1) is 0 Å². The Hall–Kier alpha value is -2.32. The monoisotopic (exact) mass is 433 g/mol. The maximum absolute atomic E-state index is 12.7. The second-order valence-corrected chi connectivity index (χ2v) is 10.4. The molecule has 2 aliphatic carbocycles. The number of carbonyl (C=O) groups is 1. The fraction of sp³-hybridized carbons (Fsp3) is 0.500. The highest BCUT2D eigenvalue weighted by Gasteiger charge is 2.28. The van der Waals surface area contributed by atoms with Crippen LogP contribution in [0.2, 0.25) is 0 Å². The van der Waals surface area contributed by atoms with Gasteiger partial charge in [-0.2, -0.15) is 8.42 Å². The van der Waals surface area contributed by atoms with Crippen LogP contribution in [0.4, 0.5) is 10.5 Å². The van der Waals surface area contributed by atoms with Gasteiger partial charge in [0.25, 0.3) is 10.0 Å². The van der Waals surface area contributed by atoms with Crippen molar-refractivity contribution in [1.82, 2.24) is 4.72 Å². The molecule has 1 aromatic carbocycles. The zero-order chi connectivity index (χ0) is 22.4. The Labute approximate surface area is 178 Å². The Kier molecular flexibility index (Phi) is 5.06. The van der Waals surface area contributed by atoms with Crippen LogP contribution in [0, 0.1) is 5.92 Å². The first-order chi connectivity index (χ1) is 14.5. The number of furan rings is 1. The molecule has 1 aromatic heterocycles. The predicted molar refractivity (Wildman–Crippen MR) is 113 cm³/mol. The van der Waals surface area contributed by atoms with E-state index in [4.69, 9.17) is 5.79 Å². The molecule has 30 heavy (non-hydrogen) atoms. The van der Waals surface area contributed by atoms with Gasteiger partial charge in [-0.25, -0.2) is 9.52 Å². The number of amides is 2. The van der Waals surface area contributed by atoms with E-state index in [9.17, 15) is 18.3 Å². The Balaban J connectivity index is 1.57. The number of nitrogens with one attached hydrogen (secondary N) is 2. The summed E-state index contributed by atoms with van der Waals surface area (Å²) in [7, 11) is -4.25. The maximum Gasteiger partial charge on any atom is 0.333 e. The van der Waals surface area contributed by atoms with Crippen LogP contribution in [-0.4, -0.2) is 19.6 Å². The molecule has 8 heteroatoms. The molecule has 2 aromatic rings. The minimum absolute atomic E-state index is 0.292. The summed E-state index contributed by atoms with van der Waals surface area (Å²) in [6.07, 6.45) is 7.85. The third-order valence-electron chi connectivity index (χ3n) is 6.01. The van der Waals surface area contributed by atoms with Gasteiger partial charge in [-0.05, 0) is 62.1 Å². The van der Waals surface area contributed by atoms with Gasteiger partial charge >= 0.3 is 6.03 Å². The van der Waals surface area contributed by atoms with Crippen molar-refractivity contribution < 1.29 is 24.1 Å². The number of urea groups is 1. The fourth-order valence-electron chi connectivity index (χ4n) is 4.03. The average molecular weight is 434 g/mol. The number of anilines is 1. The number of fused-ring (bicyclic) bond motifs is 1. The molecule has 162 valence electrons. The minimum Gasteiger partial charge on any atom is -0.451 e. The normalized spacial score (nSPS) is 17.2. The molecule has 4 rings (SSSR count). The van der Waals surface area contributed by atoms with Crippen LogP contribution in [0.25, 0.3) is 0 Å². The van der Waals surface area contributed by atoms with Crippen molar-refractivity contribution in [2.75, 3.05) is 5.32 Å². The van der Waals surface area contributed by atoms with Gasteiger partial charge < -0.3 is 14.8 Å². The van der Waals surface area contributed by atoms with E-state index in [0.717, 1.165) is 61.5 Å². The zero-order valence-corrected chi connectivity index (χ0v) is 18.1. The number of benzene rings is 1. The summed E-state index contributed by atoms with van der Waals surface area (Å²) >= 11 is 0. The van der Waals surface area contributed by atoms with Gasteiger partial charge in [0.1, 0.15) is 0 Å². The molecule has 0 aliphatic heterocycles. The maximum atomic E-state index is 12.7. The summed E-state index contributed by atoms with van der Waals surface area (Å²) in [4.78, 5) is 12.7. The third-order valence-corrected chi connectivity index (χ3v) is 7.20. The van der Waals surface area contributed by atoms with Crippen molar-refractivity contribution in [1.29, 1.82) is 0 Å². The molecule has 0 spiro atoms. The van der Waals surface area contributed by atoms with Crippen LogP contribution in [0.15, 0.2) is 33.9 Å². The second-order valence-electron chi connectivity index (χ2n) is 8.77. The number of aliphatic hydroxyl groups is 1. The van der Waals surface area contributed by atoms with Crippen molar-refractivity contribution in [3.8, 4) is 0 Å². The minimum atomic E-state index is -4.25. The van der Waals surface area contributed by atoms with Crippen LogP contribution in [0.3, 0.4) is 0 Å². The topological polar surface area (TPSA) is 109 Å². The van der Waals surface area contributed by atoms with Crippen molar-refractivity contribution in [3.63, 3.8) is 0 Å². The lowest BCUT2D eigenvalue weighted by atomic mass is 9.80. The van der Waals surface area contributed by atoms with Crippen molar-refractivity contribution in [3.05, 3.63) is 46.7 Å². The average Bonchev–Trinajstić information content (AvgIpc) is 3.30. The van der Waals surface area contributed by atoms with E-state index in [1.54, 1.807) is 0 Å². The summed E-state index contributed by atoms with van der Waals surface area (Å²) < 4.78 is 40.6. The lowest BCUT2D eigenvalue weighted by Gasteiger charge is -2.27. The highest BCUT2D eigenvalue weighted by molar-refractivity contribution is 7.89. The van der Waals surface area contributed by atoms with Crippen LogP contribution in [0.1, 0.15) is 63.2 Å². The molecule has 1 fully saturated rings. The lowest BCUT2D eigenvalue weighted by Crippen LogP contribution is -2.35. The Morgan fingerprint density at radius 2 is 2.10 bits per heavy atom. The molecular formula is C22H28N2O5S. The van der Waals surface area contributed by atoms with Gasteiger partial charge in [0.2, 0.25) is 5.09 Å². The summed E-state index contributed by atoms with van der Waals surface area (Å²) in [6.45, 7) is 3.02. The Bertz CT molecular complexity index is 1110. The van der Waals surface area contributed by atoms with E-state index in [1.165, 1.54) is 26.3 Å². The van der Waals surface area contributed by atoms with Crippen LogP contribution >= 0.6 is 0 Å². The van der Waals surface area contributed by atoms with E-state index in [2.05, 4.69) is 5.32 Å². The number of hydrogen-bond donors (Lipinski definition) is 3. The number of carbonyl (C=O) groups excluding carboxylic acids is 1. The standard InChI is InChI=1S/C22H28N2O5S/c1-22(2,26)17-12-19(29-13-17)30(27,28)24-21(25)23-20-16(11-14-5-3-6-14)10-9-15-7-4-8-18(15)20/h9-10,12-14,26H,3-8,11H2,1-2H3,(H2,23,24,25)/i9D. The van der Waals surface area contributed by atoms with Gasteiger partial charge in [0.15, 0.2) is 0 Å². The molecule has 0 atom stereocenters. The summed E-state index contributed by atoms with van der Waals surface area (Å²) in [5.41, 5.74) is 2.42. The molecule has 0 radical (unpaired) electrons. The molecule has 1 heterocycles. The molecule has 2 amide bonds. The summed E-state index contributed by atoms with van der Waals surface area (Å²) in [6, 6.07) is 2.64. The summed E-state index contributed by atoms with van der Waals surface area (Å²) in [5.74, 6) is 0.537. The number of rotatable bonds is 6. The Morgan fingerprint density at radius 1 is 1.33 bits per heavy atom. The smallest absolute Gasteiger partial charge is 0.333 e. The molecule has 0 saturated heterocycles. The van der Waals surface area contributed by atoms with Crippen molar-refractivity contribution in [2.45, 2.75) is 69.5 Å². The largest absolute Gasteiger partial charge is 0.451 e. The zero-order valence-electron chi connectivity index (χ0n) is 18.2. The predicted octanol–water partition coefficient (Wildman–Crippen LogP) is 3.85. The van der Waals surface area contributed by atoms with Gasteiger partial charge in [-0.3, -0.25) is 0 Å². The van der Waals surface area contributed by atoms with E-state index in [-0.39, 0.29) is 0 Å². The first-order valence-corrected chi connectivity index (χ1v) is 11.8. The number of sulfonamides is 1. The van der Waals surface area contributed by atoms with E-state index in [1.807, 2.05) is 10.8 Å².